The molecule has 0 saturated carbocycles. The van der Waals surface area contributed by atoms with E-state index >= 15 is 0 Å². The van der Waals surface area contributed by atoms with Crippen LogP contribution < -0.4 is 4.74 Å². The van der Waals surface area contributed by atoms with Crippen LogP contribution in [-0.2, 0) is 6.61 Å². The lowest BCUT2D eigenvalue weighted by atomic mass is 10.1. The Balaban J connectivity index is 1.93. The number of phenols is 2. The highest BCUT2D eigenvalue weighted by Gasteiger charge is 2.28. The van der Waals surface area contributed by atoms with Crippen LogP contribution in [0.4, 0.5) is 0 Å². The molecule has 2 heterocycles. The van der Waals surface area contributed by atoms with Crippen LogP contribution in [0.25, 0.3) is 0 Å². The molecular formula is C20H22N3O4+. The largest absolute Gasteiger partial charge is 0.504 e. The van der Waals surface area contributed by atoms with Crippen molar-refractivity contribution in [1.29, 1.82) is 0 Å². The molecule has 2 N–H and O–H groups in total. The Labute approximate surface area is 157 Å². The average molecular weight is 368 g/mol. The summed E-state index contributed by atoms with van der Waals surface area (Å²) in [5, 5.41) is 24.0. The van der Waals surface area contributed by atoms with Gasteiger partial charge in [-0.15, -0.1) is 0 Å². The molecule has 0 spiro atoms. The van der Waals surface area contributed by atoms with Gasteiger partial charge in [0.05, 0.1) is 12.6 Å². The molecule has 0 fully saturated rings. The van der Waals surface area contributed by atoms with Gasteiger partial charge in [-0.25, -0.2) is 4.98 Å². The second-order valence-electron chi connectivity index (χ2n) is 6.55. The van der Waals surface area contributed by atoms with Crippen molar-refractivity contribution >= 4 is 17.7 Å². The number of benzene rings is 1. The van der Waals surface area contributed by atoms with Crippen LogP contribution in [-0.4, -0.2) is 43.6 Å². The summed E-state index contributed by atoms with van der Waals surface area (Å²) in [6.45, 7) is 5.58. The third-order valence-electron chi connectivity index (χ3n) is 4.27. The summed E-state index contributed by atoms with van der Waals surface area (Å²) < 4.78 is 7.74. The third-order valence-corrected chi connectivity index (χ3v) is 4.27. The van der Waals surface area contributed by atoms with E-state index in [0.717, 1.165) is 17.0 Å². The van der Waals surface area contributed by atoms with Crippen LogP contribution in [0.3, 0.4) is 0 Å². The Morgan fingerprint density at radius 1 is 1.30 bits per heavy atom. The molecule has 0 amide bonds. The maximum absolute atomic E-state index is 11.9. The Kier molecular flexibility index (Phi) is 5.21. The summed E-state index contributed by atoms with van der Waals surface area (Å²) >= 11 is 0. The van der Waals surface area contributed by atoms with Gasteiger partial charge in [-0.3, -0.25) is 4.79 Å². The van der Waals surface area contributed by atoms with Gasteiger partial charge in [-0.1, -0.05) is 10.8 Å². The number of pyridine rings is 1. The first-order valence-electron chi connectivity index (χ1n) is 8.70. The first kappa shape index (κ1) is 18.6. The van der Waals surface area contributed by atoms with E-state index in [2.05, 4.69) is 23.9 Å². The van der Waals surface area contributed by atoms with Crippen molar-refractivity contribution < 1.29 is 24.4 Å². The fraction of sp³-hybridized carbons (Fsp3) is 0.300. The maximum atomic E-state index is 11.9. The van der Waals surface area contributed by atoms with Crippen LogP contribution in [0.15, 0.2) is 35.6 Å². The van der Waals surface area contributed by atoms with Gasteiger partial charge in [-0.2, -0.15) is 0 Å². The average Bonchev–Trinajstić information content (AvgIpc) is 3.12. The molecule has 0 saturated heterocycles. The number of hydrazone groups is 1. The van der Waals surface area contributed by atoms with Crippen LogP contribution in [0.2, 0.25) is 0 Å². The number of carbonyl (C=O) groups excluding carboxylic acids is 1. The maximum Gasteiger partial charge on any atom is 0.240 e. The second kappa shape index (κ2) is 7.57. The Hall–Kier alpha value is -3.22. The molecule has 0 atom stereocenters. The lowest BCUT2D eigenvalue weighted by Gasteiger charge is -2.13. The monoisotopic (exact) mass is 368 g/mol. The van der Waals surface area contributed by atoms with Crippen molar-refractivity contribution in [1.82, 2.24) is 4.98 Å². The van der Waals surface area contributed by atoms with Crippen LogP contribution in [0.5, 0.6) is 17.2 Å². The molecule has 2 aromatic rings. The molecule has 0 unspecified atom stereocenters. The van der Waals surface area contributed by atoms with Gasteiger partial charge in [0, 0.05) is 11.8 Å². The minimum atomic E-state index is -0.476. The molecule has 1 aliphatic rings. The van der Waals surface area contributed by atoms with E-state index in [-0.39, 0.29) is 29.7 Å². The number of carbonyl (C=O) groups is 1. The lowest BCUT2D eigenvalue weighted by molar-refractivity contribution is -0.560. The number of ether oxygens (including phenoxy) is 1. The number of phenolic OH excluding ortho intramolecular Hbond substituents is 2. The molecule has 0 radical (unpaired) electrons. The molecule has 7 heteroatoms. The predicted octanol–water partition coefficient (Wildman–Crippen LogP) is 2.87. The molecule has 3 rings (SSSR count). The lowest BCUT2D eigenvalue weighted by Crippen LogP contribution is -2.22. The number of ketones is 1. The summed E-state index contributed by atoms with van der Waals surface area (Å²) in [4.78, 5) is 16.4. The summed E-state index contributed by atoms with van der Waals surface area (Å²) in [6.07, 6.45) is 4.25. The van der Waals surface area contributed by atoms with E-state index in [0.29, 0.717) is 6.42 Å². The van der Waals surface area contributed by atoms with E-state index in [1.165, 1.54) is 19.1 Å². The minimum absolute atomic E-state index is 0.0406. The van der Waals surface area contributed by atoms with Crippen molar-refractivity contribution in [2.24, 2.45) is 5.10 Å². The highest BCUT2D eigenvalue weighted by molar-refractivity contribution is 6.05. The molecule has 27 heavy (non-hydrogen) atoms. The summed E-state index contributed by atoms with van der Waals surface area (Å²) in [5.74, 6) is -1.02. The zero-order valence-corrected chi connectivity index (χ0v) is 15.5. The van der Waals surface area contributed by atoms with Crippen LogP contribution in [0.1, 0.15) is 48.8 Å². The summed E-state index contributed by atoms with van der Waals surface area (Å²) in [7, 11) is 0. The molecule has 140 valence electrons. The van der Waals surface area contributed by atoms with Gasteiger partial charge >= 0.3 is 0 Å². The second-order valence-corrected chi connectivity index (χ2v) is 6.55. The van der Waals surface area contributed by atoms with E-state index in [4.69, 9.17) is 4.74 Å². The van der Waals surface area contributed by atoms with Crippen molar-refractivity contribution in [2.45, 2.75) is 39.8 Å². The number of aromatic nitrogens is 1. The molecule has 1 aliphatic heterocycles. The minimum Gasteiger partial charge on any atom is -0.504 e. The highest BCUT2D eigenvalue weighted by atomic mass is 16.5. The summed E-state index contributed by atoms with van der Waals surface area (Å²) in [5.41, 5.74) is 2.58. The SMILES string of the molecule is CC(=O)c1c(OCc2cccnc2C2=[N+](C(C)C)N=CC2)ccc(O)c1O. The Morgan fingerprint density at radius 3 is 2.78 bits per heavy atom. The van der Waals surface area contributed by atoms with Crippen molar-refractivity contribution in [3.8, 4) is 17.2 Å². The molecule has 0 bridgehead atoms. The van der Waals surface area contributed by atoms with Gasteiger partial charge in [0.2, 0.25) is 5.71 Å². The smallest absolute Gasteiger partial charge is 0.240 e. The highest BCUT2D eigenvalue weighted by Crippen LogP contribution is 2.36. The van der Waals surface area contributed by atoms with Gasteiger partial charge in [-0.05, 0) is 44.1 Å². The quantitative estimate of drug-likeness (QED) is 0.464. The normalized spacial score (nSPS) is 13.5. The van der Waals surface area contributed by atoms with Gasteiger partial charge in [0.15, 0.2) is 23.3 Å². The topological polar surface area (TPSA) is 95.0 Å². The van der Waals surface area contributed by atoms with E-state index in [1.807, 2.05) is 23.0 Å². The standard InChI is InChI=1S/C20H21N3O4/c1-12(2)23-15(8-10-22-23)19-14(5-4-9-21-19)11-27-17-7-6-16(25)20(26)18(17)13(3)24/h4-7,9-10,12,21H,8,11H2,1-3H3/p+1. The van der Waals surface area contributed by atoms with Crippen molar-refractivity contribution in [3.05, 3.63) is 47.3 Å². The molecule has 1 aromatic carbocycles. The predicted molar refractivity (Wildman–Crippen MR) is 101 cm³/mol. The van der Waals surface area contributed by atoms with Gasteiger partial charge in [0.1, 0.15) is 23.6 Å². The number of hydrogen-bond donors (Lipinski definition) is 2. The molecule has 1 aromatic heterocycles. The van der Waals surface area contributed by atoms with Crippen LogP contribution in [0, 0.1) is 0 Å². The first-order valence-corrected chi connectivity index (χ1v) is 8.70. The number of rotatable bonds is 6. The van der Waals surface area contributed by atoms with E-state index < -0.39 is 11.5 Å². The number of nitrogens with zero attached hydrogens (tertiary/aromatic N) is 3. The van der Waals surface area contributed by atoms with E-state index in [9.17, 15) is 15.0 Å². The number of aromatic hydroxyl groups is 2. The number of Topliss-reactive ketones (excluding diaryl/α,β-unsaturated/α-hetero) is 1. The van der Waals surface area contributed by atoms with E-state index in [1.54, 1.807) is 6.20 Å². The fourth-order valence-electron chi connectivity index (χ4n) is 3.02. The molecular weight excluding hydrogens is 346 g/mol. The van der Waals surface area contributed by atoms with Gasteiger partial charge < -0.3 is 14.9 Å². The Bertz CT molecular complexity index is 948. The van der Waals surface area contributed by atoms with Crippen LogP contribution >= 0.6 is 0 Å². The summed E-state index contributed by atoms with van der Waals surface area (Å²) in [6, 6.07) is 6.68. The fourth-order valence-corrected chi connectivity index (χ4v) is 3.02. The number of hydrogen-bond acceptors (Lipinski definition) is 6. The zero-order valence-electron chi connectivity index (χ0n) is 15.5. The first-order chi connectivity index (χ1) is 12.9. The molecule has 7 nitrogen and oxygen atoms in total. The van der Waals surface area contributed by atoms with Gasteiger partial charge in [0.25, 0.3) is 0 Å². The Morgan fingerprint density at radius 2 is 2.07 bits per heavy atom. The van der Waals surface area contributed by atoms with Crippen molar-refractivity contribution in [3.63, 3.8) is 0 Å². The van der Waals surface area contributed by atoms with Crippen molar-refractivity contribution in [2.75, 3.05) is 0 Å². The zero-order chi connectivity index (χ0) is 19.6. The molecule has 0 aliphatic carbocycles. The third kappa shape index (κ3) is 3.67.